The van der Waals surface area contributed by atoms with E-state index in [2.05, 4.69) is 19.1 Å². The molecular weight excluding hydrogens is 176 g/mol. The van der Waals surface area contributed by atoms with Gasteiger partial charge in [-0.05, 0) is 19.3 Å². The minimum Gasteiger partial charge on any atom is -0.465 e. The Balaban J connectivity index is 3.14. The van der Waals surface area contributed by atoms with Gasteiger partial charge in [-0.1, -0.05) is 38.8 Å². The number of esters is 1. The van der Waals surface area contributed by atoms with Crippen molar-refractivity contribution in [2.45, 2.75) is 52.4 Å². The van der Waals surface area contributed by atoms with Crippen molar-refractivity contribution in [1.82, 2.24) is 0 Å². The average molecular weight is 198 g/mol. The number of allylic oxidation sites excluding steroid dienone is 1. The average Bonchev–Trinajstić information content (AvgIpc) is 2.21. The van der Waals surface area contributed by atoms with Crippen LogP contribution in [0, 0.1) is 0 Å². The van der Waals surface area contributed by atoms with Gasteiger partial charge < -0.3 is 4.74 Å². The van der Waals surface area contributed by atoms with Gasteiger partial charge in [0.05, 0.1) is 6.61 Å². The smallest absolute Gasteiger partial charge is 0.305 e. The van der Waals surface area contributed by atoms with Crippen molar-refractivity contribution >= 4 is 5.97 Å². The van der Waals surface area contributed by atoms with Crippen LogP contribution in [0.25, 0.3) is 0 Å². The number of rotatable bonds is 8. The molecule has 0 fully saturated rings. The van der Waals surface area contributed by atoms with Crippen LogP contribution in [-0.4, -0.2) is 12.6 Å². The Kier molecular flexibility index (Phi) is 9.71. The summed E-state index contributed by atoms with van der Waals surface area (Å²) in [4.78, 5) is 10.7. The summed E-state index contributed by atoms with van der Waals surface area (Å²) in [6, 6.07) is 0. The molecule has 0 aliphatic rings. The van der Waals surface area contributed by atoms with Crippen molar-refractivity contribution in [3.8, 4) is 0 Å². The fourth-order valence-electron chi connectivity index (χ4n) is 1.09. The highest BCUT2D eigenvalue weighted by atomic mass is 16.5. The highest BCUT2D eigenvalue weighted by Crippen LogP contribution is 2.00. The first-order chi connectivity index (χ1) is 6.81. The van der Waals surface area contributed by atoms with Crippen LogP contribution in [0.1, 0.15) is 52.4 Å². The van der Waals surface area contributed by atoms with Crippen molar-refractivity contribution in [1.29, 1.82) is 0 Å². The van der Waals surface area contributed by atoms with Crippen LogP contribution in [0.2, 0.25) is 0 Å². The summed E-state index contributed by atoms with van der Waals surface area (Å²) in [6.45, 7) is 4.54. The molecule has 0 bridgehead atoms. The molecule has 0 aliphatic heterocycles. The van der Waals surface area contributed by atoms with Gasteiger partial charge in [-0.25, -0.2) is 0 Å². The highest BCUT2D eigenvalue weighted by Gasteiger charge is 1.94. The van der Waals surface area contributed by atoms with Gasteiger partial charge in [-0.3, -0.25) is 4.79 Å². The van der Waals surface area contributed by atoms with Crippen LogP contribution in [0.15, 0.2) is 12.2 Å². The maximum absolute atomic E-state index is 10.7. The molecule has 0 saturated carbocycles. The van der Waals surface area contributed by atoms with Gasteiger partial charge in [-0.2, -0.15) is 0 Å². The zero-order valence-electron chi connectivity index (χ0n) is 9.42. The Morgan fingerprint density at radius 2 is 1.86 bits per heavy atom. The van der Waals surface area contributed by atoms with Crippen LogP contribution in [-0.2, 0) is 9.53 Å². The van der Waals surface area contributed by atoms with Crippen molar-refractivity contribution < 1.29 is 9.53 Å². The van der Waals surface area contributed by atoms with E-state index in [-0.39, 0.29) is 5.97 Å². The molecule has 0 aliphatic carbocycles. The third-order valence-electron chi connectivity index (χ3n) is 1.98. The largest absolute Gasteiger partial charge is 0.465 e. The Morgan fingerprint density at radius 3 is 2.50 bits per heavy atom. The second-order valence-electron chi connectivity index (χ2n) is 3.33. The summed E-state index contributed by atoms with van der Waals surface area (Å²) >= 11 is 0. The van der Waals surface area contributed by atoms with Crippen LogP contribution in [0.5, 0.6) is 0 Å². The molecule has 14 heavy (non-hydrogen) atoms. The third-order valence-corrected chi connectivity index (χ3v) is 1.98. The Hall–Kier alpha value is -0.790. The SMILES string of the molecule is CCCCC/C=C\CCOC(=O)CC. The minimum absolute atomic E-state index is 0.107. The lowest BCUT2D eigenvalue weighted by atomic mass is 10.2. The molecule has 0 saturated heterocycles. The lowest BCUT2D eigenvalue weighted by molar-refractivity contribution is -0.143. The molecule has 0 aromatic heterocycles. The first kappa shape index (κ1) is 13.2. The molecule has 0 rings (SSSR count). The van der Waals surface area contributed by atoms with Crippen molar-refractivity contribution in [2.75, 3.05) is 6.61 Å². The number of unbranched alkanes of at least 4 members (excludes halogenated alkanes) is 3. The van der Waals surface area contributed by atoms with Gasteiger partial charge in [0.25, 0.3) is 0 Å². The first-order valence-corrected chi connectivity index (χ1v) is 5.61. The van der Waals surface area contributed by atoms with Crippen LogP contribution in [0.3, 0.4) is 0 Å². The van der Waals surface area contributed by atoms with E-state index in [0.29, 0.717) is 13.0 Å². The number of hydrogen-bond donors (Lipinski definition) is 0. The normalized spacial score (nSPS) is 10.7. The highest BCUT2D eigenvalue weighted by molar-refractivity contribution is 5.68. The van der Waals surface area contributed by atoms with Crippen molar-refractivity contribution in [2.24, 2.45) is 0 Å². The van der Waals surface area contributed by atoms with Gasteiger partial charge in [0, 0.05) is 6.42 Å². The maximum atomic E-state index is 10.7. The predicted octanol–water partition coefficient (Wildman–Crippen LogP) is 3.47. The zero-order valence-corrected chi connectivity index (χ0v) is 9.42. The molecule has 0 aromatic carbocycles. The molecule has 0 atom stereocenters. The van der Waals surface area contributed by atoms with Gasteiger partial charge in [0.1, 0.15) is 0 Å². The Bertz CT molecular complexity index is 162. The number of carbonyl (C=O) groups excluding carboxylic acids is 1. The monoisotopic (exact) mass is 198 g/mol. The molecule has 0 unspecified atom stereocenters. The van der Waals surface area contributed by atoms with E-state index >= 15 is 0 Å². The summed E-state index contributed by atoms with van der Waals surface area (Å²) < 4.78 is 4.93. The molecule has 0 amide bonds. The minimum atomic E-state index is -0.107. The molecule has 82 valence electrons. The number of ether oxygens (including phenoxy) is 1. The number of hydrogen-bond acceptors (Lipinski definition) is 2. The first-order valence-electron chi connectivity index (χ1n) is 5.61. The second kappa shape index (κ2) is 10.3. The fraction of sp³-hybridized carbons (Fsp3) is 0.750. The van der Waals surface area contributed by atoms with E-state index in [9.17, 15) is 4.79 Å². The topological polar surface area (TPSA) is 26.3 Å². The van der Waals surface area contributed by atoms with E-state index in [4.69, 9.17) is 4.74 Å². The zero-order chi connectivity index (χ0) is 10.6. The lowest BCUT2D eigenvalue weighted by Gasteiger charge is -1.99. The van der Waals surface area contributed by atoms with Crippen LogP contribution >= 0.6 is 0 Å². The van der Waals surface area contributed by atoms with Gasteiger partial charge in [0.2, 0.25) is 0 Å². The van der Waals surface area contributed by atoms with E-state index < -0.39 is 0 Å². The van der Waals surface area contributed by atoms with Gasteiger partial charge >= 0.3 is 5.97 Å². The van der Waals surface area contributed by atoms with Crippen molar-refractivity contribution in [3.05, 3.63) is 12.2 Å². The van der Waals surface area contributed by atoms with Crippen LogP contribution in [0.4, 0.5) is 0 Å². The summed E-state index contributed by atoms with van der Waals surface area (Å²) in [5, 5.41) is 0. The van der Waals surface area contributed by atoms with E-state index in [1.165, 1.54) is 19.3 Å². The third kappa shape index (κ3) is 9.30. The molecule has 0 aromatic rings. The van der Waals surface area contributed by atoms with Crippen LogP contribution < -0.4 is 0 Å². The van der Waals surface area contributed by atoms with Crippen molar-refractivity contribution in [3.63, 3.8) is 0 Å². The molecule has 0 spiro atoms. The molecule has 0 N–H and O–H groups in total. The summed E-state index contributed by atoms with van der Waals surface area (Å²) in [7, 11) is 0. The van der Waals surface area contributed by atoms with Gasteiger partial charge in [-0.15, -0.1) is 0 Å². The molecule has 2 nitrogen and oxygen atoms in total. The maximum Gasteiger partial charge on any atom is 0.305 e. The summed E-state index contributed by atoms with van der Waals surface area (Å²) in [5.74, 6) is -0.107. The Labute approximate surface area is 87.3 Å². The standard InChI is InChI=1S/C12H22O2/c1-3-5-6-7-8-9-10-11-14-12(13)4-2/h8-9H,3-7,10-11H2,1-2H3/b9-8-. The quantitative estimate of drug-likeness (QED) is 0.339. The molecule has 2 heteroatoms. The number of carbonyl (C=O) groups is 1. The fourth-order valence-corrected chi connectivity index (χ4v) is 1.09. The summed E-state index contributed by atoms with van der Waals surface area (Å²) in [6.07, 6.45) is 10.6. The van der Waals surface area contributed by atoms with E-state index in [1.54, 1.807) is 0 Å². The predicted molar refractivity (Wildman–Crippen MR) is 59.1 cm³/mol. The molecule has 0 heterocycles. The van der Waals surface area contributed by atoms with E-state index in [1.807, 2.05) is 6.92 Å². The van der Waals surface area contributed by atoms with E-state index in [0.717, 1.165) is 12.8 Å². The summed E-state index contributed by atoms with van der Waals surface area (Å²) in [5.41, 5.74) is 0. The molecule has 0 radical (unpaired) electrons. The molecular formula is C12H22O2. The Morgan fingerprint density at radius 1 is 1.14 bits per heavy atom. The second-order valence-corrected chi connectivity index (χ2v) is 3.33. The lowest BCUT2D eigenvalue weighted by Crippen LogP contribution is -2.02. The van der Waals surface area contributed by atoms with Gasteiger partial charge in [0.15, 0.2) is 0 Å².